The number of hydrogen-bond donors (Lipinski definition) is 0. The van der Waals surface area contributed by atoms with Gasteiger partial charge in [0.1, 0.15) is 24.9 Å². The largest absolute Gasteiger partial charge is 0.463 e. The molecule has 1 heterocycles. The third kappa shape index (κ3) is 7.36. The van der Waals surface area contributed by atoms with E-state index in [0.717, 1.165) is 11.1 Å². The maximum Gasteiger partial charge on any atom is 0.303 e. The molecule has 33 heavy (non-hydrogen) atoms. The standard InChI is InChI=1S/C25H30O8/c1-17(26)29-16-21-22(32-18(2)27)23(30-14-19-10-6-4-7-11-19)24(25(28-3)33-21)31-15-20-12-8-5-9-13-20/h4-13,21-25H,14-16H2,1-3H3/t21-,22+,23+,24-,25+/m1/s1. The molecule has 8 heteroatoms. The molecule has 0 aromatic heterocycles. The lowest BCUT2D eigenvalue weighted by Crippen LogP contribution is -2.62. The number of rotatable bonds is 10. The van der Waals surface area contributed by atoms with Gasteiger partial charge in [0.25, 0.3) is 0 Å². The van der Waals surface area contributed by atoms with Gasteiger partial charge in [-0.25, -0.2) is 0 Å². The van der Waals surface area contributed by atoms with Gasteiger partial charge in [-0.15, -0.1) is 0 Å². The fraction of sp³-hybridized carbons (Fsp3) is 0.440. The average Bonchev–Trinajstić information content (AvgIpc) is 2.82. The van der Waals surface area contributed by atoms with Crippen LogP contribution in [-0.2, 0) is 51.2 Å². The third-order valence-electron chi connectivity index (χ3n) is 5.15. The van der Waals surface area contributed by atoms with E-state index in [-0.39, 0.29) is 19.8 Å². The molecule has 2 aromatic rings. The van der Waals surface area contributed by atoms with Crippen LogP contribution >= 0.6 is 0 Å². The first kappa shape index (κ1) is 24.9. The van der Waals surface area contributed by atoms with Gasteiger partial charge < -0.3 is 28.4 Å². The molecule has 8 nitrogen and oxygen atoms in total. The summed E-state index contributed by atoms with van der Waals surface area (Å²) in [7, 11) is 1.49. The summed E-state index contributed by atoms with van der Waals surface area (Å²) in [4.78, 5) is 23.3. The molecule has 1 fully saturated rings. The highest BCUT2D eigenvalue weighted by Gasteiger charge is 2.50. The number of hydrogen-bond acceptors (Lipinski definition) is 8. The Morgan fingerprint density at radius 3 is 1.82 bits per heavy atom. The van der Waals surface area contributed by atoms with Gasteiger partial charge in [-0.1, -0.05) is 60.7 Å². The van der Waals surface area contributed by atoms with E-state index in [0.29, 0.717) is 0 Å². The Morgan fingerprint density at radius 1 is 0.788 bits per heavy atom. The Balaban J connectivity index is 1.86. The highest BCUT2D eigenvalue weighted by Crippen LogP contribution is 2.30. The summed E-state index contributed by atoms with van der Waals surface area (Å²) in [6.45, 7) is 3.02. The molecule has 0 amide bonds. The molecule has 2 aromatic carbocycles. The minimum Gasteiger partial charge on any atom is -0.463 e. The molecular formula is C25H30O8. The lowest BCUT2D eigenvalue weighted by atomic mass is 9.98. The van der Waals surface area contributed by atoms with Gasteiger partial charge in [0.15, 0.2) is 12.4 Å². The molecule has 1 aliphatic heterocycles. The number of ether oxygens (including phenoxy) is 6. The summed E-state index contributed by atoms with van der Waals surface area (Å²) >= 11 is 0. The number of methoxy groups -OCH3 is 1. The van der Waals surface area contributed by atoms with Crippen molar-refractivity contribution >= 4 is 11.9 Å². The Labute approximate surface area is 193 Å². The molecule has 3 rings (SSSR count). The molecule has 0 radical (unpaired) electrons. The van der Waals surface area contributed by atoms with Crippen LogP contribution in [-0.4, -0.2) is 56.4 Å². The van der Waals surface area contributed by atoms with Crippen molar-refractivity contribution in [3.8, 4) is 0 Å². The summed E-state index contributed by atoms with van der Waals surface area (Å²) in [5.41, 5.74) is 1.90. The van der Waals surface area contributed by atoms with Crippen molar-refractivity contribution < 1.29 is 38.0 Å². The van der Waals surface area contributed by atoms with Gasteiger partial charge in [-0.05, 0) is 11.1 Å². The summed E-state index contributed by atoms with van der Waals surface area (Å²) in [5, 5.41) is 0. The summed E-state index contributed by atoms with van der Waals surface area (Å²) in [6.07, 6.45) is -3.95. The van der Waals surface area contributed by atoms with E-state index < -0.39 is 42.6 Å². The third-order valence-corrected chi connectivity index (χ3v) is 5.15. The van der Waals surface area contributed by atoms with E-state index >= 15 is 0 Å². The van der Waals surface area contributed by atoms with Gasteiger partial charge >= 0.3 is 11.9 Å². The SMILES string of the molecule is CO[C@H]1O[C@H](COC(C)=O)[C@H](OC(C)=O)[C@H](OCc2ccccc2)[C@H]1OCc1ccccc1. The van der Waals surface area contributed by atoms with Gasteiger partial charge in [-0.3, -0.25) is 9.59 Å². The van der Waals surface area contributed by atoms with Crippen LogP contribution in [0.4, 0.5) is 0 Å². The maximum atomic E-state index is 11.9. The van der Waals surface area contributed by atoms with Gasteiger partial charge in [0.2, 0.25) is 0 Å². The summed E-state index contributed by atoms with van der Waals surface area (Å²) in [6, 6.07) is 19.3. The fourth-order valence-corrected chi connectivity index (χ4v) is 3.63. The summed E-state index contributed by atoms with van der Waals surface area (Å²) in [5.74, 6) is -0.985. The van der Waals surface area contributed by atoms with Crippen molar-refractivity contribution in [3.05, 3.63) is 71.8 Å². The lowest BCUT2D eigenvalue weighted by molar-refractivity contribution is -0.316. The predicted octanol–water partition coefficient (Wildman–Crippen LogP) is 3.02. The van der Waals surface area contributed by atoms with Gasteiger partial charge in [0, 0.05) is 21.0 Å². The zero-order chi connectivity index (χ0) is 23.6. The molecule has 1 saturated heterocycles. The Hall–Kier alpha value is -2.78. The Bertz CT molecular complexity index is 872. The molecule has 0 unspecified atom stereocenters. The molecule has 178 valence electrons. The van der Waals surface area contributed by atoms with Crippen LogP contribution in [0, 0.1) is 0 Å². The Kier molecular flexibility index (Phi) is 9.38. The maximum absolute atomic E-state index is 11.9. The minimum atomic E-state index is -0.877. The van der Waals surface area contributed by atoms with E-state index in [9.17, 15) is 9.59 Å². The average molecular weight is 459 g/mol. The van der Waals surface area contributed by atoms with E-state index in [2.05, 4.69) is 0 Å². The zero-order valence-electron chi connectivity index (χ0n) is 19.0. The monoisotopic (exact) mass is 458 g/mol. The zero-order valence-corrected chi connectivity index (χ0v) is 19.0. The van der Waals surface area contributed by atoms with Crippen LogP contribution in [0.3, 0.4) is 0 Å². The minimum absolute atomic E-state index is 0.121. The van der Waals surface area contributed by atoms with Crippen molar-refractivity contribution in [2.75, 3.05) is 13.7 Å². The highest BCUT2D eigenvalue weighted by molar-refractivity contribution is 5.66. The number of carbonyl (C=O) groups excluding carboxylic acids is 2. The van der Waals surface area contributed by atoms with E-state index in [1.54, 1.807) is 0 Å². The molecule has 0 spiro atoms. The second-order valence-corrected chi connectivity index (χ2v) is 7.68. The molecular weight excluding hydrogens is 428 g/mol. The lowest BCUT2D eigenvalue weighted by Gasteiger charge is -2.44. The highest BCUT2D eigenvalue weighted by atomic mass is 16.7. The van der Waals surface area contributed by atoms with Crippen LogP contribution < -0.4 is 0 Å². The van der Waals surface area contributed by atoms with Crippen LogP contribution in [0.1, 0.15) is 25.0 Å². The number of carbonyl (C=O) groups is 2. The fourth-order valence-electron chi connectivity index (χ4n) is 3.63. The van der Waals surface area contributed by atoms with Crippen LogP contribution in [0.15, 0.2) is 60.7 Å². The predicted molar refractivity (Wildman–Crippen MR) is 118 cm³/mol. The molecule has 1 aliphatic rings. The Morgan fingerprint density at radius 2 is 1.33 bits per heavy atom. The van der Waals surface area contributed by atoms with E-state index in [1.165, 1.54) is 21.0 Å². The van der Waals surface area contributed by atoms with Crippen molar-refractivity contribution in [1.29, 1.82) is 0 Å². The molecule has 0 aliphatic carbocycles. The van der Waals surface area contributed by atoms with Gasteiger partial charge in [0.05, 0.1) is 13.2 Å². The first-order valence-corrected chi connectivity index (χ1v) is 10.8. The normalized spacial score (nSPS) is 24.8. The second kappa shape index (κ2) is 12.5. The second-order valence-electron chi connectivity index (χ2n) is 7.68. The first-order valence-electron chi connectivity index (χ1n) is 10.8. The molecule has 0 bridgehead atoms. The van der Waals surface area contributed by atoms with Crippen molar-refractivity contribution in [2.24, 2.45) is 0 Å². The van der Waals surface area contributed by atoms with Crippen LogP contribution in [0.2, 0.25) is 0 Å². The quantitative estimate of drug-likeness (QED) is 0.502. The van der Waals surface area contributed by atoms with Crippen molar-refractivity contribution in [3.63, 3.8) is 0 Å². The van der Waals surface area contributed by atoms with E-state index in [4.69, 9.17) is 28.4 Å². The number of esters is 2. The molecule has 5 atom stereocenters. The molecule has 0 saturated carbocycles. The topological polar surface area (TPSA) is 89.5 Å². The first-order chi connectivity index (χ1) is 16.0. The smallest absolute Gasteiger partial charge is 0.303 e. The van der Waals surface area contributed by atoms with Crippen LogP contribution in [0.25, 0.3) is 0 Å². The number of benzene rings is 2. The van der Waals surface area contributed by atoms with Gasteiger partial charge in [-0.2, -0.15) is 0 Å². The van der Waals surface area contributed by atoms with E-state index in [1.807, 2.05) is 60.7 Å². The van der Waals surface area contributed by atoms with Crippen LogP contribution in [0.5, 0.6) is 0 Å². The molecule has 0 N–H and O–H groups in total. The summed E-state index contributed by atoms with van der Waals surface area (Å²) < 4.78 is 34.7. The van der Waals surface area contributed by atoms with Crippen molar-refractivity contribution in [2.45, 2.75) is 57.8 Å². The van der Waals surface area contributed by atoms with Crippen molar-refractivity contribution in [1.82, 2.24) is 0 Å².